The summed E-state index contributed by atoms with van der Waals surface area (Å²) in [6, 6.07) is 9.98. The van der Waals surface area contributed by atoms with E-state index in [1.165, 1.54) is 43.2 Å². The van der Waals surface area contributed by atoms with Gasteiger partial charge in [0.25, 0.3) is 0 Å². The molecule has 0 saturated heterocycles. The predicted octanol–water partition coefficient (Wildman–Crippen LogP) is 5.36. The Morgan fingerprint density at radius 2 is 1.86 bits per heavy atom. The molecule has 0 spiro atoms. The zero-order valence-electron chi connectivity index (χ0n) is 14.4. The van der Waals surface area contributed by atoms with Gasteiger partial charge in [0.05, 0.1) is 0 Å². The highest BCUT2D eigenvalue weighted by Crippen LogP contribution is 2.40. The third kappa shape index (κ3) is 4.57. The summed E-state index contributed by atoms with van der Waals surface area (Å²) in [5.74, 6) is 2.40. The molecule has 1 N–H and O–H groups in total. The van der Waals surface area contributed by atoms with Gasteiger partial charge in [-0.05, 0) is 54.7 Å². The molecule has 1 nitrogen and oxygen atoms in total. The molecule has 0 amide bonds. The lowest BCUT2D eigenvalue weighted by atomic mass is 9.85. The third-order valence-corrected chi connectivity index (χ3v) is 4.95. The lowest BCUT2D eigenvalue weighted by Crippen LogP contribution is -2.30. The van der Waals surface area contributed by atoms with Crippen LogP contribution in [0.25, 0.3) is 0 Å². The van der Waals surface area contributed by atoms with Crippen LogP contribution in [0.1, 0.15) is 70.5 Å². The van der Waals surface area contributed by atoms with Gasteiger partial charge in [0.2, 0.25) is 0 Å². The molecule has 1 fully saturated rings. The second-order valence-corrected chi connectivity index (χ2v) is 7.34. The third-order valence-electron chi connectivity index (χ3n) is 4.95. The molecule has 0 bridgehead atoms. The van der Waals surface area contributed by atoms with Crippen molar-refractivity contribution in [3.63, 3.8) is 0 Å². The molecule has 0 heterocycles. The zero-order valence-corrected chi connectivity index (χ0v) is 14.4. The van der Waals surface area contributed by atoms with Gasteiger partial charge in [-0.3, -0.25) is 0 Å². The summed E-state index contributed by atoms with van der Waals surface area (Å²) in [7, 11) is 0. The Morgan fingerprint density at radius 3 is 2.38 bits per heavy atom. The van der Waals surface area contributed by atoms with Crippen LogP contribution in [0.5, 0.6) is 0 Å². The maximum absolute atomic E-state index is 3.82. The number of rotatable bonds is 7. The van der Waals surface area contributed by atoms with E-state index in [4.69, 9.17) is 0 Å². The van der Waals surface area contributed by atoms with E-state index in [9.17, 15) is 0 Å². The van der Waals surface area contributed by atoms with Crippen LogP contribution in [0.15, 0.2) is 24.3 Å². The zero-order chi connectivity index (χ0) is 15.2. The maximum atomic E-state index is 3.82. The van der Waals surface area contributed by atoms with Crippen molar-refractivity contribution >= 4 is 0 Å². The van der Waals surface area contributed by atoms with Crippen LogP contribution in [0.4, 0.5) is 0 Å². The topological polar surface area (TPSA) is 12.0 Å². The highest BCUT2D eigenvalue weighted by atomic mass is 14.9. The van der Waals surface area contributed by atoms with E-state index < -0.39 is 0 Å². The van der Waals surface area contributed by atoms with Gasteiger partial charge >= 0.3 is 0 Å². The minimum Gasteiger partial charge on any atom is -0.310 e. The minimum atomic E-state index is 0.551. The van der Waals surface area contributed by atoms with Gasteiger partial charge in [0.1, 0.15) is 0 Å². The Labute approximate surface area is 131 Å². The van der Waals surface area contributed by atoms with E-state index in [0.29, 0.717) is 6.04 Å². The molecule has 3 unspecified atom stereocenters. The van der Waals surface area contributed by atoms with Crippen LogP contribution in [-0.4, -0.2) is 6.54 Å². The molecule has 3 atom stereocenters. The van der Waals surface area contributed by atoms with Gasteiger partial charge in [-0.1, -0.05) is 64.8 Å². The number of nitrogens with one attached hydrogen (secondary N) is 1. The van der Waals surface area contributed by atoms with Gasteiger partial charge in [0.15, 0.2) is 0 Å². The normalized spacial score (nSPS) is 23.7. The molecule has 1 aliphatic carbocycles. The van der Waals surface area contributed by atoms with E-state index in [2.05, 4.69) is 57.3 Å². The first-order valence-corrected chi connectivity index (χ1v) is 8.94. The first-order chi connectivity index (χ1) is 10.1. The van der Waals surface area contributed by atoms with Crippen molar-refractivity contribution in [1.29, 1.82) is 0 Å². The van der Waals surface area contributed by atoms with E-state index in [1.807, 2.05) is 0 Å². The van der Waals surface area contributed by atoms with Crippen LogP contribution >= 0.6 is 0 Å². The molecule has 2 rings (SSSR count). The molecular formula is C20H33N. The summed E-state index contributed by atoms with van der Waals surface area (Å²) in [5, 5.41) is 3.82. The highest BCUT2D eigenvalue weighted by molar-refractivity contribution is 5.26. The molecular weight excluding hydrogens is 254 g/mol. The van der Waals surface area contributed by atoms with Crippen molar-refractivity contribution in [2.75, 3.05) is 6.54 Å². The standard InChI is InChI=1S/C20H33N/c1-5-13-21-20(19-8-6-7-16(19)4)18-11-9-17(10-12-18)14-15(2)3/h9-12,15-16,19-21H,5-8,13-14H2,1-4H3. The molecule has 1 aromatic carbocycles. The van der Waals surface area contributed by atoms with Gasteiger partial charge in [-0.25, -0.2) is 0 Å². The Bertz CT molecular complexity index is 406. The first-order valence-electron chi connectivity index (χ1n) is 8.94. The largest absolute Gasteiger partial charge is 0.310 e. The first kappa shape index (κ1) is 16.5. The Balaban J connectivity index is 2.12. The fourth-order valence-corrected chi connectivity index (χ4v) is 3.82. The highest BCUT2D eigenvalue weighted by Gasteiger charge is 2.31. The van der Waals surface area contributed by atoms with Crippen molar-refractivity contribution in [2.24, 2.45) is 17.8 Å². The summed E-state index contributed by atoms with van der Waals surface area (Å²) in [6.07, 6.45) is 6.59. The minimum absolute atomic E-state index is 0.551. The van der Waals surface area contributed by atoms with Crippen LogP contribution in [0.3, 0.4) is 0 Å². The van der Waals surface area contributed by atoms with Gasteiger partial charge in [-0.2, -0.15) is 0 Å². The van der Waals surface area contributed by atoms with Crippen LogP contribution in [-0.2, 0) is 6.42 Å². The maximum Gasteiger partial charge on any atom is 0.0351 e. The summed E-state index contributed by atoms with van der Waals surface area (Å²) in [4.78, 5) is 0. The second kappa shape index (κ2) is 7.98. The van der Waals surface area contributed by atoms with Crippen LogP contribution in [0, 0.1) is 17.8 Å². The fraction of sp³-hybridized carbons (Fsp3) is 0.700. The molecule has 1 aromatic rings. The van der Waals surface area contributed by atoms with Crippen molar-refractivity contribution < 1.29 is 0 Å². The average molecular weight is 287 g/mol. The van der Waals surface area contributed by atoms with Gasteiger partial charge < -0.3 is 5.32 Å². The average Bonchev–Trinajstić information content (AvgIpc) is 2.87. The van der Waals surface area contributed by atoms with Crippen LogP contribution < -0.4 is 5.32 Å². The molecule has 0 radical (unpaired) electrons. The monoisotopic (exact) mass is 287 g/mol. The molecule has 118 valence electrons. The SMILES string of the molecule is CCCNC(c1ccc(CC(C)C)cc1)C1CCCC1C. The van der Waals surface area contributed by atoms with Gasteiger partial charge in [0, 0.05) is 6.04 Å². The second-order valence-electron chi connectivity index (χ2n) is 7.34. The lowest BCUT2D eigenvalue weighted by molar-refractivity contribution is 0.302. The van der Waals surface area contributed by atoms with E-state index in [0.717, 1.165) is 24.3 Å². The molecule has 1 saturated carbocycles. The fourth-order valence-electron chi connectivity index (χ4n) is 3.82. The number of hydrogen-bond donors (Lipinski definition) is 1. The molecule has 0 aromatic heterocycles. The molecule has 1 aliphatic rings. The molecule has 21 heavy (non-hydrogen) atoms. The Morgan fingerprint density at radius 1 is 1.14 bits per heavy atom. The van der Waals surface area contributed by atoms with Crippen molar-refractivity contribution in [1.82, 2.24) is 5.32 Å². The molecule has 1 heteroatoms. The van der Waals surface area contributed by atoms with Crippen molar-refractivity contribution in [3.8, 4) is 0 Å². The van der Waals surface area contributed by atoms with Crippen LogP contribution in [0.2, 0.25) is 0 Å². The van der Waals surface area contributed by atoms with E-state index in [-0.39, 0.29) is 0 Å². The van der Waals surface area contributed by atoms with E-state index in [1.54, 1.807) is 0 Å². The number of hydrogen-bond acceptors (Lipinski definition) is 1. The van der Waals surface area contributed by atoms with Crippen molar-refractivity contribution in [3.05, 3.63) is 35.4 Å². The summed E-state index contributed by atoms with van der Waals surface area (Å²) >= 11 is 0. The number of benzene rings is 1. The van der Waals surface area contributed by atoms with Crippen molar-refractivity contribution in [2.45, 2.75) is 65.8 Å². The molecule has 0 aliphatic heterocycles. The lowest BCUT2D eigenvalue weighted by Gasteiger charge is -2.29. The van der Waals surface area contributed by atoms with Gasteiger partial charge in [-0.15, -0.1) is 0 Å². The quantitative estimate of drug-likeness (QED) is 0.711. The van der Waals surface area contributed by atoms with E-state index >= 15 is 0 Å². The Kier molecular flexibility index (Phi) is 6.29. The summed E-state index contributed by atoms with van der Waals surface area (Å²) in [5.41, 5.74) is 2.97. The predicted molar refractivity (Wildman–Crippen MR) is 92.5 cm³/mol. The summed E-state index contributed by atoms with van der Waals surface area (Å²) < 4.78 is 0. The smallest absolute Gasteiger partial charge is 0.0351 e. The Hall–Kier alpha value is -0.820. The summed E-state index contributed by atoms with van der Waals surface area (Å²) in [6.45, 7) is 10.4.